The molecule has 0 aliphatic heterocycles. The summed E-state index contributed by atoms with van der Waals surface area (Å²) >= 11 is 2.90. The summed E-state index contributed by atoms with van der Waals surface area (Å²) in [6.07, 6.45) is 0. The van der Waals surface area contributed by atoms with Crippen LogP contribution in [0.5, 0.6) is 0 Å². The van der Waals surface area contributed by atoms with Gasteiger partial charge in [-0.15, -0.1) is 10.2 Å². The molecule has 0 unspecified atom stereocenters. The topological polar surface area (TPSA) is 81.9 Å². The fourth-order valence-electron chi connectivity index (χ4n) is 2.96. The van der Waals surface area contributed by atoms with E-state index >= 15 is 0 Å². The average molecular weight is 452 g/mol. The van der Waals surface area contributed by atoms with Crippen LogP contribution in [0, 0.1) is 11.3 Å². The van der Waals surface area contributed by atoms with Crippen LogP contribution in [0.2, 0.25) is 0 Å². The number of nitrogens with one attached hydrogen (secondary N) is 1. The minimum Gasteiger partial charge on any atom is -0.297 e. The summed E-state index contributed by atoms with van der Waals surface area (Å²) in [7, 11) is 0. The highest BCUT2D eigenvalue weighted by atomic mass is 32.2. The van der Waals surface area contributed by atoms with Gasteiger partial charge in [-0.2, -0.15) is 5.26 Å². The molecule has 8 heteroatoms. The normalized spacial score (nSPS) is 11.0. The molecule has 0 saturated carbocycles. The smallest absolute Gasteiger partial charge is 0.257 e. The van der Waals surface area contributed by atoms with Gasteiger partial charge in [-0.1, -0.05) is 54.3 Å². The fourth-order valence-corrected chi connectivity index (χ4v) is 4.67. The number of carbonyl (C=O) groups is 1. The number of aromatic nitrogens is 2. The number of thioether (sulfide) groups is 1. The molecule has 0 radical (unpaired) electrons. The number of hydrogen-bond acceptors (Lipinski definition) is 7. The lowest BCUT2D eigenvalue weighted by atomic mass is 10.1. The molecule has 1 aromatic heterocycles. The molecule has 3 aromatic rings. The summed E-state index contributed by atoms with van der Waals surface area (Å²) in [5, 5.41) is 20.4. The van der Waals surface area contributed by atoms with Crippen molar-refractivity contribution in [1.29, 1.82) is 5.26 Å². The lowest BCUT2D eigenvalue weighted by Crippen LogP contribution is -2.29. The number of hydrogen-bond donors (Lipinski definition) is 1. The van der Waals surface area contributed by atoms with Gasteiger partial charge in [-0.05, 0) is 55.8 Å². The maximum atomic E-state index is 12.5. The molecule has 160 valence electrons. The number of rotatable bonds is 9. The zero-order valence-corrected chi connectivity index (χ0v) is 19.5. The van der Waals surface area contributed by atoms with E-state index in [4.69, 9.17) is 5.26 Å². The molecule has 3 rings (SSSR count). The van der Waals surface area contributed by atoms with E-state index in [0.717, 1.165) is 28.7 Å². The molecule has 0 fully saturated rings. The third-order valence-electron chi connectivity index (χ3n) is 4.81. The van der Waals surface area contributed by atoms with Crippen molar-refractivity contribution in [3.05, 3.63) is 70.8 Å². The van der Waals surface area contributed by atoms with E-state index in [1.807, 2.05) is 36.4 Å². The highest BCUT2D eigenvalue weighted by Gasteiger charge is 2.12. The van der Waals surface area contributed by atoms with Crippen molar-refractivity contribution in [3.8, 4) is 6.07 Å². The van der Waals surface area contributed by atoms with E-state index in [0.29, 0.717) is 22.3 Å². The molecule has 1 N–H and O–H groups in total. The largest absolute Gasteiger partial charge is 0.297 e. The highest BCUT2D eigenvalue weighted by molar-refractivity contribution is 8.00. The van der Waals surface area contributed by atoms with Crippen molar-refractivity contribution in [2.45, 2.75) is 43.5 Å². The van der Waals surface area contributed by atoms with Crippen LogP contribution in [0.3, 0.4) is 0 Å². The molecule has 0 saturated heterocycles. The minimum atomic E-state index is -0.192. The molecule has 2 aromatic carbocycles. The second kappa shape index (κ2) is 11.0. The van der Waals surface area contributed by atoms with E-state index in [1.165, 1.54) is 16.9 Å². The van der Waals surface area contributed by atoms with E-state index in [9.17, 15) is 4.79 Å². The lowest BCUT2D eigenvalue weighted by molar-refractivity contribution is 0.102. The SMILES string of the molecule is CCN(Cc1ccc(C(=O)Nc2nnc(SCc3ccc(C#N)cc3)s2)cc1)C(C)C. The van der Waals surface area contributed by atoms with E-state index in [1.54, 1.807) is 23.9 Å². The van der Waals surface area contributed by atoms with Gasteiger partial charge < -0.3 is 0 Å². The van der Waals surface area contributed by atoms with Crippen LogP contribution < -0.4 is 5.32 Å². The third kappa shape index (κ3) is 6.62. The van der Waals surface area contributed by atoms with Gasteiger partial charge in [0.1, 0.15) is 0 Å². The second-order valence-corrected chi connectivity index (χ2v) is 9.48. The van der Waals surface area contributed by atoms with Crippen LogP contribution in [0.25, 0.3) is 0 Å². The van der Waals surface area contributed by atoms with Crippen molar-refractivity contribution >= 4 is 34.1 Å². The van der Waals surface area contributed by atoms with Crippen molar-refractivity contribution in [2.75, 3.05) is 11.9 Å². The molecule has 0 aliphatic carbocycles. The van der Waals surface area contributed by atoms with E-state index in [2.05, 4.69) is 47.3 Å². The maximum Gasteiger partial charge on any atom is 0.257 e. The summed E-state index contributed by atoms with van der Waals surface area (Å²) in [6.45, 7) is 8.38. The number of nitrogens with zero attached hydrogens (tertiary/aromatic N) is 4. The standard InChI is InChI=1S/C23H25N5OS2/c1-4-28(16(2)3)14-18-9-11-20(12-10-18)21(29)25-22-26-27-23(31-22)30-15-19-7-5-17(13-24)6-8-19/h5-12,16H,4,14-15H2,1-3H3,(H,25,26,29). The van der Waals surface area contributed by atoms with Crippen molar-refractivity contribution in [2.24, 2.45) is 0 Å². The summed E-state index contributed by atoms with van der Waals surface area (Å²) in [6, 6.07) is 17.7. The molecule has 0 bridgehead atoms. The number of amides is 1. The van der Waals surface area contributed by atoms with Gasteiger partial charge in [-0.3, -0.25) is 15.0 Å². The summed E-state index contributed by atoms with van der Waals surface area (Å²) in [5.41, 5.74) is 3.53. The summed E-state index contributed by atoms with van der Waals surface area (Å²) in [5.74, 6) is 0.531. The Hall–Kier alpha value is -2.73. The Balaban J connectivity index is 1.53. The highest BCUT2D eigenvalue weighted by Crippen LogP contribution is 2.28. The van der Waals surface area contributed by atoms with Crippen LogP contribution in [-0.4, -0.2) is 33.6 Å². The first-order valence-electron chi connectivity index (χ1n) is 10.1. The van der Waals surface area contributed by atoms with Gasteiger partial charge in [0.05, 0.1) is 11.6 Å². The van der Waals surface area contributed by atoms with Gasteiger partial charge in [-0.25, -0.2) is 0 Å². The van der Waals surface area contributed by atoms with Gasteiger partial charge in [0.25, 0.3) is 5.91 Å². The Morgan fingerprint density at radius 2 is 1.81 bits per heavy atom. The number of benzene rings is 2. The Morgan fingerprint density at radius 1 is 1.13 bits per heavy atom. The van der Waals surface area contributed by atoms with Crippen molar-refractivity contribution < 1.29 is 4.79 Å². The van der Waals surface area contributed by atoms with Crippen molar-refractivity contribution in [1.82, 2.24) is 15.1 Å². The average Bonchev–Trinajstić information content (AvgIpc) is 3.23. The maximum absolute atomic E-state index is 12.5. The predicted molar refractivity (Wildman–Crippen MR) is 126 cm³/mol. The Bertz CT molecular complexity index is 1040. The molecular weight excluding hydrogens is 426 g/mol. The first-order chi connectivity index (χ1) is 15.0. The van der Waals surface area contributed by atoms with Gasteiger partial charge in [0.15, 0.2) is 4.34 Å². The minimum absolute atomic E-state index is 0.192. The van der Waals surface area contributed by atoms with Crippen LogP contribution in [-0.2, 0) is 12.3 Å². The zero-order chi connectivity index (χ0) is 22.2. The van der Waals surface area contributed by atoms with E-state index in [-0.39, 0.29) is 5.91 Å². The Kier molecular flexibility index (Phi) is 8.18. The van der Waals surface area contributed by atoms with Gasteiger partial charge >= 0.3 is 0 Å². The van der Waals surface area contributed by atoms with E-state index < -0.39 is 0 Å². The molecule has 6 nitrogen and oxygen atoms in total. The Labute approximate surface area is 191 Å². The summed E-state index contributed by atoms with van der Waals surface area (Å²) in [4.78, 5) is 14.9. The number of anilines is 1. The van der Waals surface area contributed by atoms with Crippen LogP contribution in [0.15, 0.2) is 52.9 Å². The molecule has 0 atom stereocenters. The summed E-state index contributed by atoms with van der Waals surface area (Å²) < 4.78 is 0.781. The van der Waals surface area contributed by atoms with Crippen LogP contribution in [0.1, 0.15) is 47.8 Å². The number of nitriles is 1. The number of carbonyl (C=O) groups excluding carboxylic acids is 1. The molecule has 0 aliphatic rings. The quantitative estimate of drug-likeness (QED) is 0.356. The third-order valence-corrected chi connectivity index (χ3v) is 6.85. The van der Waals surface area contributed by atoms with Gasteiger partial charge in [0, 0.05) is 23.9 Å². The fraction of sp³-hybridized carbons (Fsp3) is 0.304. The predicted octanol–water partition coefficient (Wildman–Crippen LogP) is 5.18. The Morgan fingerprint density at radius 3 is 2.42 bits per heavy atom. The second-order valence-electron chi connectivity index (χ2n) is 7.28. The molecule has 1 heterocycles. The molecule has 1 amide bonds. The molecule has 31 heavy (non-hydrogen) atoms. The van der Waals surface area contributed by atoms with Gasteiger partial charge in [0.2, 0.25) is 5.13 Å². The van der Waals surface area contributed by atoms with Crippen molar-refractivity contribution in [3.63, 3.8) is 0 Å². The molecule has 0 spiro atoms. The lowest BCUT2D eigenvalue weighted by Gasteiger charge is -2.24. The first kappa shape index (κ1) is 22.9. The molecular formula is C23H25N5OS2. The van der Waals surface area contributed by atoms with Crippen LogP contribution in [0.4, 0.5) is 5.13 Å². The zero-order valence-electron chi connectivity index (χ0n) is 17.8. The first-order valence-corrected chi connectivity index (χ1v) is 11.9. The van der Waals surface area contributed by atoms with Crippen LogP contribution >= 0.6 is 23.1 Å². The monoisotopic (exact) mass is 451 g/mol.